The molecule has 3 amide bonds. The number of benzene rings is 1. The molecule has 1 N–H and O–H groups in total. The fraction of sp³-hybridized carbons (Fsp3) is 0.421. The number of rotatable bonds is 6. The summed E-state index contributed by atoms with van der Waals surface area (Å²) in [6.07, 6.45) is 5.08. The highest BCUT2D eigenvalue weighted by Crippen LogP contribution is 2.34. The Morgan fingerprint density at radius 2 is 1.72 bits per heavy atom. The van der Waals surface area contributed by atoms with Gasteiger partial charge in [0.05, 0.1) is 11.8 Å². The first kappa shape index (κ1) is 17.7. The van der Waals surface area contributed by atoms with Crippen LogP contribution in [0.1, 0.15) is 18.4 Å². The van der Waals surface area contributed by atoms with E-state index in [0.717, 1.165) is 15.5 Å². The second kappa shape index (κ2) is 7.87. The van der Waals surface area contributed by atoms with Crippen molar-refractivity contribution < 1.29 is 14.4 Å². The molecular formula is C19H22N2O3S. The van der Waals surface area contributed by atoms with Gasteiger partial charge in [-0.05, 0) is 31.9 Å². The van der Waals surface area contributed by atoms with E-state index in [-0.39, 0.29) is 36.1 Å². The Bertz CT molecular complexity index is 673. The SMILES string of the molecule is Cc1ccc(SCCNC(=O)CN2C(=O)[C@@H]3CC=CC[C@H]3C2=O)cc1. The van der Waals surface area contributed by atoms with Crippen molar-refractivity contribution in [3.63, 3.8) is 0 Å². The normalized spacial score (nSPS) is 22.2. The summed E-state index contributed by atoms with van der Waals surface area (Å²) < 4.78 is 0. The van der Waals surface area contributed by atoms with Gasteiger partial charge in [-0.1, -0.05) is 29.8 Å². The molecule has 25 heavy (non-hydrogen) atoms. The number of carbonyl (C=O) groups is 3. The van der Waals surface area contributed by atoms with E-state index in [4.69, 9.17) is 0 Å². The monoisotopic (exact) mass is 358 g/mol. The molecule has 0 saturated carbocycles. The molecule has 0 bridgehead atoms. The van der Waals surface area contributed by atoms with E-state index in [1.165, 1.54) is 5.56 Å². The lowest BCUT2D eigenvalue weighted by Gasteiger charge is -2.14. The van der Waals surface area contributed by atoms with Crippen LogP contribution in [0.3, 0.4) is 0 Å². The Labute approximate surface area is 151 Å². The van der Waals surface area contributed by atoms with E-state index in [1.807, 2.05) is 19.1 Å². The van der Waals surface area contributed by atoms with E-state index in [1.54, 1.807) is 11.8 Å². The number of imide groups is 1. The minimum atomic E-state index is -0.280. The lowest BCUT2D eigenvalue weighted by Crippen LogP contribution is -2.41. The summed E-state index contributed by atoms with van der Waals surface area (Å²) in [6, 6.07) is 8.22. The van der Waals surface area contributed by atoms with E-state index >= 15 is 0 Å². The fourth-order valence-corrected chi connectivity index (χ4v) is 3.99. The number of likely N-dealkylation sites (tertiary alicyclic amines) is 1. The van der Waals surface area contributed by atoms with E-state index in [0.29, 0.717) is 19.4 Å². The zero-order valence-electron chi connectivity index (χ0n) is 14.2. The molecule has 1 heterocycles. The first-order valence-corrected chi connectivity index (χ1v) is 9.51. The number of thioether (sulfide) groups is 1. The van der Waals surface area contributed by atoms with Crippen LogP contribution in [0.4, 0.5) is 0 Å². The molecule has 1 saturated heterocycles. The third-order valence-corrected chi connectivity index (χ3v) is 5.63. The van der Waals surface area contributed by atoms with Crippen molar-refractivity contribution in [1.29, 1.82) is 0 Å². The van der Waals surface area contributed by atoms with Crippen LogP contribution in [-0.4, -0.2) is 41.5 Å². The molecule has 6 heteroatoms. The average molecular weight is 358 g/mol. The number of nitrogens with zero attached hydrogens (tertiary/aromatic N) is 1. The summed E-state index contributed by atoms with van der Waals surface area (Å²) >= 11 is 1.66. The number of hydrogen-bond acceptors (Lipinski definition) is 4. The zero-order chi connectivity index (χ0) is 17.8. The average Bonchev–Trinajstić information content (AvgIpc) is 2.86. The van der Waals surface area contributed by atoms with Crippen LogP contribution in [-0.2, 0) is 14.4 Å². The summed E-state index contributed by atoms with van der Waals surface area (Å²) in [5.41, 5.74) is 1.22. The summed E-state index contributed by atoms with van der Waals surface area (Å²) in [7, 11) is 0. The molecule has 132 valence electrons. The number of nitrogens with one attached hydrogen (secondary N) is 1. The van der Waals surface area contributed by atoms with Gasteiger partial charge in [0.2, 0.25) is 17.7 Å². The second-order valence-electron chi connectivity index (χ2n) is 6.43. The summed E-state index contributed by atoms with van der Waals surface area (Å²) in [4.78, 5) is 39.0. The van der Waals surface area contributed by atoms with Crippen LogP contribution in [0, 0.1) is 18.8 Å². The van der Waals surface area contributed by atoms with Gasteiger partial charge in [-0.3, -0.25) is 19.3 Å². The molecule has 2 aliphatic rings. The molecule has 5 nitrogen and oxygen atoms in total. The van der Waals surface area contributed by atoms with Crippen LogP contribution in [0.2, 0.25) is 0 Å². The van der Waals surface area contributed by atoms with E-state index in [2.05, 4.69) is 29.6 Å². The molecule has 1 fully saturated rings. The molecule has 0 unspecified atom stereocenters. The third-order valence-electron chi connectivity index (χ3n) is 4.61. The highest BCUT2D eigenvalue weighted by Gasteiger charge is 2.47. The molecule has 0 radical (unpaired) electrons. The van der Waals surface area contributed by atoms with Gasteiger partial charge >= 0.3 is 0 Å². The number of fused-ring (bicyclic) bond motifs is 1. The molecule has 0 spiro atoms. The molecule has 2 atom stereocenters. The molecular weight excluding hydrogens is 336 g/mol. The summed E-state index contributed by atoms with van der Waals surface area (Å²) in [5, 5.41) is 2.79. The van der Waals surface area contributed by atoms with Crippen LogP contribution in [0.15, 0.2) is 41.3 Å². The first-order chi connectivity index (χ1) is 12.1. The van der Waals surface area contributed by atoms with Gasteiger partial charge in [-0.15, -0.1) is 11.8 Å². The van der Waals surface area contributed by atoms with Gasteiger partial charge in [0.1, 0.15) is 6.54 Å². The van der Waals surface area contributed by atoms with Crippen LogP contribution in [0.25, 0.3) is 0 Å². The highest BCUT2D eigenvalue weighted by atomic mass is 32.2. The van der Waals surface area contributed by atoms with Crippen molar-refractivity contribution in [3.8, 4) is 0 Å². The zero-order valence-corrected chi connectivity index (χ0v) is 15.1. The van der Waals surface area contributed by atoms with Gasteiger partial charge < -0.3 is 5.32 Å². The summed E-state index contributed by atoms with van der Waals surface area (Å²) in [6.45, 7) is 2.38. The standard InChI is InChI=1S/C19H22N2O3S/c1-13-6-8-14(9-7-13)25-11-10-20-17(22)12-21-18(23)15-4-2-3-5-16(15)19(21)24/h2-3,6-9,15-16H,4-5,10-12H2,1H3,(H,20,22)/t15-,16-/m1/s1. The smallest absolute Gasteiger partial charge is 0.240 e. The van der Waals surface area contributed by atoms with Gasteiger partial charge in [0.15, 0.2) is 0 Å². The van der Waals surface area contributed by atoms with Crippen molar-refractivity contribution in [2.75, 3.05) is 18.8 Å². The molecule has 1 aliphatic carbocycles. The minimum Gasteiger partial charge on any atom is -0.354 e. The van der Waals surface area contributed by atoms with Crippen LogP contribution >= 0.6 is 11.8 Å². The topological polar surface area (TPSA) is 66.5 Å². The largest absolute Gasteiger partial charge is 0.354 e. The summed E-state index contributed by atoms with van der Waals surface area (Å²) in [5.74, 6) is -0.499. The predicted molar refractivity (Wildman–Crippen MR) is 97.0 cm³/mol. The number of hydrogen-bond donors (Lipinski definition) is 1. The van der Waals surface area contributed by atoms with Crippen molar-refractivity contribution >= 4 is 29.5 Å². The maximum absolute atomic E-state index is 12.3. The lowest BCUT2D eigenvalue weighted by molar-refractivity contribution is -0.143. The molecule has 1 aliphatic heterocycles. The Hall–Kier alpha value is -2.08. The number of amides is 3. The maximum Gasteiger partial charge on any atom is 0.240 e. The highest BCUT2D eigenvalue weighted by molar-refractivity contribution is 7.99. The minimum absolute atomic E-state index is 0.167. The van der Waals surface area contributed by atoms with Crippen LogP contribution in [0.5, 0.6) is 0 Å². The van der Waals surface area contributed by atoms with Crippen molar-refractivity contribution in [2.45, 2.75) is 24.7 Å². The Balaban J connectivity index is 1.42. The van der Waals surface area contributed by atoms with Gasteiger partial charge in [0, 0.05) is 17.2 Å². The van der Waals surface area contributed by atoms with Crippen molar-refractivity contribution in [3.05, 3.63) is 42.0 Å². The number of carbonyl (C=O) groups excluding carboxylic acids is 3. The quantitative estimate of drug-likeness (QED) is 0.366. The molecule has 3 rings (SSSR count). The molecule has 1 aromatic carbocycles. The lowest BCUT2D eigenvalue weighted by atomic mass is 9.85. The van der Waals surface area contributed by atoms with Crippen molar-refractivity contribution in [1.82, 2.24) is 10.2 Å². The Kier molecular flexibility index (Phi) is 5.58. The first-order valence-electron chi connectivity index (χ1n) is 8.52. The van der Waals surface area contributed by atoms with Gasteiger partial charge in [-0.25, -0.2) is 0 Å². The van der Waals surface area contributed by atoms with E-state index in [9.17, 15) is 14.4 Å². The Morgan fingerprint density at radius 1 is 1.12 bits per heavy atom. The predicted octanol–water partition coefficient (Wildman–Crippen LogP) is 2.15. The maximum atomic E-state index is 12.3. The molecule has 0 aromatic heterocycles. The Morgan fingerprint density at radius 3 is 2.32 bits per heavy atom. The second-order valence-corrected chi connectivity index (χ2v) is 7.60. The number of aryl methyl sites for hydroxylation is 1. The van der Waals surface area contributed by atoms with Gasteiger partial charge in [-0.2, -0.15) is 0 Å². The van der Waals surface area contributed by atoms with Crippen molar-refractivity contribution in [2.24, 2.45) is 11.8 Å². The van der Waals surface area contributed by atoms with Crippen LogP contribution < -0.4 is 5.32 Å². The third kappa shape index (κ3) is 4.12. The fourth-order valence-electron chi connectivity index (χ4n) is 3.22. The van der Waals surface area contributed by atoms with E-state index < -0.39 is 0 Å². The number of allylic oxidation sites excluding steroid dienone is 2. The molecule has 1 aromatic rings. The van der Waals surface area contributed by atoms with Gasteiger partial charge in [0.25, 0.3) is 0 Å².